The number of sulfonamides is 1. The minimum absolute atomic E-state index is 0.154. The van der Waals surface area contributed by atoms with Gasteiger partial charge in [-0.05, 0) is 25.0 Å². The number of aromatic nitrogens is 3. The van der Waals surface area contributed by atoms with E-state index in [9.17, 15) is 18.0 Å². The molecule has 0 spiro atoms. The van der Waals surface area contributed by atoms with E-state index in [0.717, 1.165) is 0 Å². The van der Waals surface area contributed by atoms with Crippen LogP contribution in [0.15, 0.2) is 28.9 Å². The van der Waals surface area contributed by atoms with Crippen LogP contribution in [0.4, 0.5) is 10.8 Å². The van der Waals surface area contributed by atoms with E-state index >= 15 is 0 Å². The SMILES string of the molecule is CS(=O)(=O)N1CCC(C(=O)Nc2nnc(SCC(=O)Nc3cccnc3)s2)CC1. The van der Waals surface area contributed by atoms with Crippen LogP contribution < -0.4 is 10.6 Å². The summed E-state index contributed by atoms with van der Waals surface area (Å²) in [6.45, 7) is 0.667. The van der Waals surface area contributed by atoms with Crippen LogP contribution in [0.1, 0.15) is 12.8 Å². The zero-order valence-electron chi connectivity index (χ0n) is 15.6. The summed E-state index contributed by atoms with van der Waals surface area (Å²) in [6, 6.07) is 3.47. The molecule has 2 N–H and O–H groups in total. The summed E-state index contributed by atoms with van der Waals surface area (Å²) in [6.07, 6.45) is 5.28. The number of carbonyl (C=O) groups excluding carboxylic acids is 2. The largest absolute Gasteiger partial charge is 0.324 e. The first-order valence-corrected chi connectivity index (χ1v) is 12.4. The molecule has 3 heterocycles. The predicted molar refractivity (Wildman–Crippen MR) is 111 cm³/mol. The van der Waals surface area contributed by atoms with Crippen LogP contribution in [0.2, 0.25) is 0 Å². The average Bonchev–Trinajstić information content (AvgIpc) is 3.14. The first kappa shape index (κ1) is 21.6. The van der Waals surface area contributed by atoms with Crippen molar-refractivity contribution in [3.8, 4) is 0 Å². The molecule has 0 atom stereocenters. The van der Waals surface area contributed by atoms with E-state index in [1.807, 2.05) is 0 Å². The molecule has 2 amide bonds. The van der Waals surface area contributed by atoms with Crippen molar-refractivity contribution in [1.82, 2.24) is 19.5 Å². The van der Waals surface area contributed by atoms with Gasteiger partial charge in [-0.15, -0.1) is 10.2 Å². The molecular formula is C16H20N6O4S3. The van der Waals surface area contributed by atoms with Crippen LogP contribution in [0, 0.1) is 5.92 Å². The summed E-state index contributed by atoms with van der Waals surface area (Å²) in [7, 11) is -3.22. The van der Waals surface area contributed by atoms with Crippen LogP contribution >= 0.6 is 23.1 Å². The first-order chi connectivity index (χ1) is 13.8. The normalized spacial score (nSPS) is 15.8. The lowest BCUT2D eigenvalue weighted by Crippen LogP contribution is -2.40. The van der Waals surface area contributed by atoms with Gasteiger partial charge in [0.15, 0.2) is 4.34 Å². The molecule has 0 unspecified atom stereocenters. The third-order valence-corrected chi connectivity index (χ3v) is 7.48. The highest BCUT2D eigenvalue weighted by Crippen LogP contribution is 2.27. The minimum Gasteiger partial charge on any atom is -0.324 e. The molecule has 156 valence electrons. The second-order valence-electron chi connectivity index (χ2n) is 6.38. The molecule has 2 aromatic heterocycles. The van der Waals surface area contributed by atoms with Gasteiger partial charge in [0, 0.05) is 25.2 Å². The Morgan fingerprint density at radius 3 is 2.69 bits per heavy atom. The van der Waals surface area contributed by atoms with E-state index in [1.165, 1.54) is 33.7 Å². The molecule has 13 heteroatoms. The van der Waals surface area contributed by atoms with E-state index < -0.39 is 10.0 Å². The second-order valence-corrected chi connectivity index (χ2v) is 10.6. The minimum atomic E-state index is -3.22. The van der Waals surface area contributed by atoms with Gasteiger partial charge in [0.05, 0.1) is 23.9 Å². The summed E-state index contributed by atoms with van der Waals surface area (Å²) in [5.74, 6) is -0.499. The number of nitrogens with zero attached hydrogens (tertiary/aromatic N) is 4. The number of rotatable bonds is 7. The van der Waals surface area contributed by atoms with Gasteiger partial charge in [-0.1, -0.05) is 23.1 Å². The zero-order chi connectivity index (χ0) is 20.9. The van der Waals surface area contributed by atoms with Crippen molar-refractivity contribution < 1.29 is 18.0 Å². The first-order valence-electron chi connectivity index (χ1n) is 8.73. The number of pyridine rings is 1. The fraction of sp³-hybridized carbons (Fsp3) is 0.438. The van der Waals surface area contributed by atoms with E-state index in [0.29, 0.717) is 41.1 Å². The molecule has 0 aliphatic carbocycles. The molecule has 1 fully saturated rings. The van der Waals surface area contributed by atoms with E-state index in [2.05, 4.69) is 25.8 Å². The Morgan fingerprint density at radius 2 is 2.03 bits per heavy atom. The molecule has 1 aliphatic heterocycles. The lowest BCUT2D eigenvalue weighted by atomic mass is 9.97. The van der Waals surface area contributed by atoms with Crippen molar-refractivity contribution in [2.45, 2.75) is 17.2 Å². The quantitative estimate of drug-likeness (QED) is 0.470. The number of nitrogens with one attached hydrogen (secondary N) is 2. The molecule has 3 rings (SSSR count). The smallest absolute Gasteiger partial charge is 0.234 e. The highest BCUT2D eigenvalue weighted by Gasteiger charge is 2.29. The fourth-order valence-corrected chi connectivity index (χ4v) is 5.17. The van der Waals surface area contributed by atoms with E-state index in [-0.39, 0.29) is 23.5 Å². The summed E-state index contributed by atoms with van der Waals surface area (Å²) in [5.41, 5.74) is 0.616. The molecule has 0 radical (unpaired) electrons. The number of carbonyl (C=O) groups is 2. The number of thioether (sulfide) groups is 1. The third kappa shape index (κ3) is 6.45. The molecular weight excluding hydrogens is 436 g/mol. The van der Waals surface area contributed by atoms with Crippen molar-refractivity contribution >= 4 is 55.8 Å². The Morgan fingerprint density at radius 1 is 1.28 bits per heavy atom. The molecule has 2 aromatic rings. The number of hydrogen-bond donors (Lipinski definition) is 2. The van der Waals surface area contributed by atoms with Crippen molar-refractivity contribution in [3.63, 3.8) is 0 Å². The molecule has 10 nitrogen and oxygen atoms in total. The molecule has 29 heavy (non-hydrogen) atoms. The highest BCUT2D eigenvalue weighted by molar-refractivity contribution is 8.01. The summed E-state index contributed by atoms with van der Waals surface area (Å²) >= 11 is 2.41. The van der Waals surface area contributed by atoms with E-state index in [1.54, 1.807) is 24.5 Å². The monoisotopic (exact) mass is 456 g/mol. The van der Waals surface area contributed by atoms with Crippen LogP contribution in [0.5, 0.6) is 0 Å². The highest BCUT2D eigenvalue weighted by atomic mass is 32.2. The van der Waals surface area contributed by atoms with Crippen molar-refractivity contribution in [2.75, 3.05) is 35.7 Å². The van der Waals surface area contributed by atoms with Crippen LogP contribution in [-0.2, 0) is 19.6 Å². The maximum absolute atomic E-state index is 12.4. The Kier molecular flexibility index (Phi) is 7.16. The Bertz CT molecular complexity index is 958. The van der Waals surface area contributed by atoms with Gasteiger partial charge in [0.1, 0.15) is 0 Å². The topological polar surface area (TPSA) is 134 Å². The Balaban J connectivity index is 1.44. The second kappa shape index (κ2) is 9.61. The molecule has 1 aliphatic rings. The van der Waals surface area contributed by atoms with Gasteiger partial charge < -0.3 is 10.6 Å². The van der Waals surface area contributed by atoms with Crippen molar-refractivity contribution in [2.24, 2.45) is 5.92 Å². The number of piperidine rings is 1. The van der Waals surface area contributed by atoms with Gasteiger partial charge in [-0.2, -0.15) is 0 Å². The van der Waals surface area contributed by atoms with Crippen LogP contribution in [0.3, 0.4) is 0 Å². The fourth-order valence-electron chi connectivity index (χ4n) is 2.74. The molecule has 0 bridgehead atoms. The summed E-state index contributed by atoms with van der Waals surface area (Å²) in [4.78, 5) is 28.3. The van der Waals surface area contributed by atoms with Crippen LogP contribution in [0.25, 0.3) is 0 Å². The Labute approximate surface area is 176 Å². The predicted octanol–water partition coefficient (Wildman–Crippen LogP) is 1.27. The van der Waals surface area contributed by atoms with Gasteiger partial charge in [0.2, 0.25) is 27.0 Å². The van der Waals surface area contributed by atoms with Gasteiger partial charge in [-0.25, -0.2) is 12.7 Å². The average molecular weight is 457 g/mol. The van der Waals surface area contributed by atoms with Crippen LogP contribution in [-0.4, -0.2) is 64.8 Å². The van der Waals surface area contributed by atoms with Gasteiger partial charge >= 0.3 is 0 Å². The molecule has 0 aromatic carbocycles. The maximum atomic E-state index is 12.4. The Hall–Kier alpha value is -2.09. The lowest BCUT2D eigenvalue weighted by molar-refractivity contribution is -0.121. The van der Waals surface area contributed by atoms with Crippen molar-refractivity contribution in [3.05, 3.63) is 24.5 Å². The zero-order valence-corrected chi connectivity index (χ0v) is 18.0. The molecule has 0 saturated carbocycles. The number of hydrogen-bond acceptors (Lipinski definition) is 9. The van der Waals surface area contributed by atoms with Crippen molar-refractivity contribution in [1.29, 1.82) is 0 Å². The summed E-state index contributed by atoms with van der Waals surface area (Å²) in [5, 5.41) is 13.7. The lowest BCUT2D eigenvalue weighted by Gasteiger charge is -2.29. The number of anilines is 2. The number of amides is 2. The third-order valence-electron chi connectivity index (χ3n) is 4.20. The van der Waals surface area contributed by atoms with Gasteiger partial charge in [-0.3, -0.25) is 14.6 Å². The van der Waals surface area contributed by atoms with Gasteiger partial charge in [0.25, 0.3) is 0 Å². The standard InChI is InChI=1S/C16H20N6O4S3/c1-29(25,26)22-7-4-11(5-8-22)14(24)19-15-20-21-16(28-15)27-10-13(23)18-12-3-2-6-17-9-12/h2-3,6,9,11H,4-5,7-8,10H2,1H3,(H,18,23)(H,19,20,24). The summed E-state index contributed by atoms with van der Waals surface area (Å²) < 4.78 is 25.0. The molecule has 1 saturated heterocycles. The van der Waals surface area contributed by atoms with E-state index in [4.69, 9.17) is 0 Å². The maximum Gasteiger partial charge on any atom is 0.234 e.